The van der Waals surface area contributed by atoms with Gasteiger partial charge in [-0.1, -0.05) is 6.08 Å². The second-order valence-electron chi connectivity index (χ2n) is 7.13. The number of hydrogen-bond acceptors (Lipinski definition) is 3. The molecule has 5 nitrogen and oxygen atoms in total. The van der Waals surface area contributed by atoms with Crippen LogP contribution in [0.25, 0.3) is 16.5 Å². The van der Waals surface area contributed by atoms with Crippen molar-refractivity contribution in [3.63, 3.8) is 0 Å². The maximum Gasteiger partial charge on any atom is 0.254 e. The Morgan fingerprint density at radius 2 is 1.86 bits per heavy atom. The third-order valence-corrected chi connectivity index (χ3v) is 5.49. The number of rotatable bonds is 4. The molecule has 0 fully saturated rings. The molecule has 2 aromatic carbocycles. The van der Waals surface area contributed by atoms with Gasteiger partial charge in [-0.2, -0.15) is 0 Å². The van der Waals surface area contributed by atoms with Crippen molar-refractivity contribution in [1.29, 1.82) is 0 Å². The van der Waals surface area contributed by atoms with Gasteiger partial charge >= 0.3 is 0 Å². The Hall–Kier alpha value is -3.28. The minimum absolute atomic E-state index is 0.0575. The lowest BCUT2D eigenvalue weighted by molar-refractivity contribution is 0.0772. The number of H-pyrrole nitrogens is 1. The number of ether oxygens (including phenoxy) is 2. The molecule has 6 heteroatoms. The Bertz CT molecular complexity index is 1090. The third-order valence-electron chi connectivity index (χ3n) is 5.49. The summed E-state index contributed by atoms with van der Waals surface area (Å²) in [6, 6.07) is 8.27. The second kappa shape index (κ2) is 7.62. The first-order valence-electron chi connectivity index (χ1n) is 9.49. The quantitative estimate of drug-likeness (QED) is 0.706. The van der Waals surface area contributed by atoms with E-state index >= 15 is 0 Å². The number of fused-ring (bicyclic) bond motifs is 1. The molecule has 0 saturated heterocycles. The normalized spacial score (nSPS) is 14.1. The van der Waals surface area contributed by atoms with Crippen molar-refractivity contribution in [2.45, 2.75) is 13.3 Å². The number of halogens is 1. The molecule has 1 amide bonds. The van der Waals surface area contributed by atoms with Gasteiger partial charge < -0.3 is 19.4 Å². The molecule has 0 aliphatic carbocycles. The largest absolute Gasteiger partial charge is 0.496 e. The summed E-state index contributed by atoms with van der Waals surface area (Å²) in [5.74, 6) is 0.945. The summed E-state index contributed by atoms with van der Waals surface area (Å²) >= 11 is 0. The van der Waals surface area contributed by atoms with Gasteiger partial charge in [0.1, 0.15) is 17.3 Å². The minimum atomic E-state index is -0.260. The van der Waals surface area contributed by atoms with E-state index in [-0.39, 0.29) is 11.7 Å². The molecule has 0 radical (unpaired) electrons. The van der Waals surface area contributed by atoms with Gasteiger partial charge in [0.2, 0.25) is 0 Å². The van der Waals surface area contributed by atoms with Crippen LogP contribution in [-0.4, -0.2) is 43.1 Å². The SMILES string of the molecule is COc1cc(C(=O)N2CC=C(c3c[nH]c4cc(F)ccc34)CC2)cc(OC)c1C. The summed E-state index contributed by atoms with van der Waals surface area (Å²) in [6.07, 6.45) is 4.70. The fraction of sp³-hybridized carbons (Fsp3) is 0.261. The molecule has 1 aromatic heterocycles. The van der Waals surface area contributed by atoms with Gasteiger partial charge in [0.25, 0.3) is 5.91 Å². The van der Waals surface area contributed by atoms with E-state index in [0.29, 0.717) is 30.2 Å². The number of amides is 1. The predicted octanol–water partition coefficient (Wildman–Crippen LogP) is 4.56. The number of nitrogens with zero attached hydrogens (tertiary/aromatic N) is 1. The van der Waals surface area contributed by atoms with E-state index in [1.807, 2.05) is 18.0 Å². The molecule has 0 spiro atoms. The molecule has 0 bridgehead atoms. The van der Waals surface area contributed by atoms with Crippen LogP contribution in [0.5, 0.6) is 11.5 Å². The zero-order chi connectivity index (χ0) is 20.5. The number of aromatic nitrogens is 1. The first-order chi connectivity index (χ1) is 14.0. The van der Waals surface area contributed by atoms with Crippen LogP contribution in [0.1, 0.15) is 27.9 Å². The highest BCUT2D eigenvalue weighted by Crippen LogP contribution is 2.32. The fourth-order valence-corrected chi connectivity index (χ4v) is 3.85. The van der Waals surface area contributed by atoms with Crippen LogP contribution in [-0.2, 0) is 0 Å². The third kappa shape index (κ3) is 3.46. The van der Waals surface area contributed by atoms with Crippen molar-refractivity contribution < 1.29 is 18.7 Å². The summed E-state index contributed by atoms with van der Waals surface area (Å²) in [6.45, 7) is 3.02. The van der Waals surface area contributed by atoms with Gasteiger partial charge in [-0.25, -0.2) is 4.39 Å². The van der Waals surface area contributed by atoms with E-state index in [0.717, 1.165) is 34.0 Å². The Kier molecular flexibility index (Phi) is 5.01. The number of benzene rings is 2. The zero-order valence-corrected chi connectivity index (χ0v) is 16.7. The van der Waals surface area contributed by atoms with Crippen LogP contribution in [0.4, 0.5) is 4.39 Å². The summed E-state index contributed by atoms with van der Waals surface area (Å²) in [7, 11) is 3.16. The number of carbonyl (C=O) groups excluding carboxylic acids is 1. The zero-order valence-electron chi connectivity index (χ0n) is 16.7. The van der Waals surface area contributed by atoms with E-state index in [9.17, 15) is 9.18 Å². The second-order valence-corrected chi connectivity index (χ2v) is 7.13. The van der Waals surface area contributed by atoms with E-state index in [2.05, 4.69) is 11.1 Å². The molecule has 1 aliphatic heterocycles. The molecule has 3 aromatic rings. The number of methoxy groups -OCH3 is 2. The van der Waals surface area contributed by atoms with Gasteiger partial charge in [-0.3, -0.25) is 4.79 Å². The van der Waals surface area contributed by atoms with Crippen LogP contribution in [0.3, 0.4) is 0 Å². The van der Waals surface area contributed by atoms with Crippen molar-refractivity contribution in [2.24, 2.45) is 0 Å². The predicted molar refractivity (Wildman–Crippen MR) is 111 cm³/mol. The Balaban J connectivity index is 1.57. The molecule has 0 atom stereocenters. The van der Waals surface area contributed by atoms with Gasteiger partial charge in [0, 0.05) is 46.9 Å². The molecule has 0 saturated carbocycles. The number of carbonyl (C=O) groups is 1. The van der Waals surface area contributed by atoms with E-state index in [1.54, 1.807) is 32.4 Å². The maximum atomic E-state index is 13.4. The van der Waals surface area contributed by atoms with Crippen molar-refractivity contribution >= 4 is 22.4 Å². The van der Waals surface area contributed by atoms with Crippen LogP contribution in [0, 0.1) is 12.7 Å². The molecule has 4 rings (SSSR count). The highest BCUT2D eigenvalue weighted by molar-refractivity contribution is 5.97. The van der Waals surface area contributed by atoms with E-state index < -0.39 is 0 Å². The Labute approximate surface area is 168 Å². The van der Waals surface area contributed by atoms with Gasteiger partial charge in [-0.05, 0) is 49.2 Å². The number of aromatic amines is 1. The summed E-state index contributed by atoms with van der Waals surface area (Å²) in [5.41, 5.74) is 4.40. The summed E-state index contributed by atoms with van der Waals surface area (Å²) in [5, 5.41) is 0.991. The monoisotopic (exact) mass is 394 g/mol. The first-order valence-corrected chi connectivity index (χ1v) is 9.49. The molecular formula is C23H23FN2O3. The lowest BCUT2D eigenvalue weighted by Gasteiger charge is -2.27. The Morgan fingerprint density at radius 1 is 1.14 bits per heavy atom. The highest BCUT2D eigenvalue weighted by Gasteiger charge is 2.22. The van der Waals surface area contributed by atoms with Crippen molar-refractivity contribution in [3.8, 4) is 11.5 Å². The molecule has 29 heavy (non-hydrogen) atoms. The maximum absolute atomic E-state index is 13.4. The molecule has 1 aliphatic rings. The van der Waals surface area contributed by atoms with Crippen molar-refractivity contribution in [2.75, 3.05) is 27.3 Å². The van der Waals surface area contributed by atoms with Crippen molar-refractivity contribution in [3.05, 3.63) is 65.1 Å². The minimum Gasteiger partial charge on any atom is -0.496 e. The standard InChI is InChI=1S/C23H23FN2O3/c1-14-21(28-2)10-16(11-22(14)29-3)23(27)26-8-6-15(7-9-26)19-13-25-20-12-17(24)4-5-18(19)20/h4-6,10-13,25H,7-9H2,1-3H3. The summed E-state index contributed by atoms with van der Waals surface area (Å²) in [4.78, 5) is 18.0. The van der Waals surface area contributed by atoms with Crippen LogP contribution < -0.4 is 9.47 Å². The van der Waals surface area contributed by atoms with Crippen LogP contribution >= 0.6 is 0 Å². The molecule has 2 heterocycles. The van der Waals surface area contributed by atoms with Crippen LogP contribution in [0.2, 0.25) is 0 Å². The Morgan fingerprint density at radius 3 is 2.48 bits per heavy atom. The fourth-order valence-electron chi connectivity index (χ4n) is 3.85. The molecular weight excluding hydrogens is 371 g/mol. The topological polar surface area (TPSA) is 54.6 Å². The average molecular weight is 394 g/mol. The highest BCUT2D eigenvalue weighted by atomic mass is 19.1. The molecule has 150 valence electrons. The lowest BCUT2D eigenvalue weighted by Crippen LogP contribution is -2.34. The van der Waals surface area contributed by atoms with Crippen molar-refractivity contribution in [1.82, 2.24) is 9.88 Å². The number of hydrogen-bond donors (Lipinski definition) is 1. The number of nitrogens with one attached hydrogen (secondary N) is 1. The average Bonchev–Trinajstić information content (AvgIpc) is 3.16. The lowest BCUT2D eigenvalue weighted by atomic mass is 9.98. The van der Waals surface area contributed by atoms with E-state index in [1.165, 1.54) is 12.1 Å². The molecule has 1 N–H and O–H groups in total. The van der Waals surface area contributed by atoms with Gasteiger partial charge in [-0.15, -0.1) is 0 Å². The van der Waals surface area contributed by atoms with Crippen LogP contribution in [0.15, 0.2) is 42.6 Å². The van der Waals surface area contributed by atoms with Gasteiger partial charge in [0.15, 0.2) is 0 Å². The summed E-state index contributed by atoms with van der Waals surface area (Å²) < 4.78 is 24.2. The first kappa shape index (κ1) is 19.1. The van der Waals surface area contributed by atoms with Gasteiger partial charge in [0.05, 0.1) is 14.2 Å². The van der Waals surface area contributed by atoms with E-state index in [4.69, 9.17) is 9.47 Å². The smallest absolute Gasteiger partial charge is 0.254 e. The molecule has 0 unspecified atom stereocenters.